The van der Waals surface area contributed by atoms with Crippen LogP contribution in [0.15, 0.2) is 54.7 Å². The number of aryl methyl sites for hydroxylation is 1. The van der Waals surface area contributed by atoms with E-state index in [1.54, 1.807) is 18.3 Å². The average Bonchev–Trinajstić information content (AvgIpc) is 2.70. The molecule has 7 nitrogen and oxygen atoms in total. The van der Waals surface area contributed by atoms with E-state index in [2.05, 4.69) is 15.6 Å². The number of amides is 2. The Balaban J connectivity index is 1.86. The number of pyridine rings is 1. The Labute approximate surface area is 170 Å². The van der Waals surface area contributed by atoms with E-state index in [0.29, 0.717) is 0 Å². The van der Waals surface area contributed by atoms with Crippen LogP contribution < -0.4 is 16.4 Å². The number of nitrogens with one attached hydrogen (secondary N) is 3. The highest BCUT2D eigenvalue weighted by Gasteiger charge is 2.18. The van der Waals surface area contributed by atoms with Crippen molar-refractivity contribution in [1.29, 1.82) is 5.41 Å². The summed E-state index contributed by atoms with van der Waals surface area (Å²) < 4.78 is 28.0. The highest BCUT2D eigenvalue weighted by atomic mass is 19.1. The zero-order chi connectivity index (χ0) is 21.8. The first kappa shape index (κ1) is 20.6. The summed E-state index contributed by atoms with van der Waals surface area (Å²) in [5.41, 5.74) is 5.82. The molecule has 0 fully saturated rings. The van der Waals surface area contributed by atoms with Gasteiger partial charge in [-0.15, -0.1) is 0 Å². The number of rotatable bonds is 5. The fourth-order valence-electron chi connectivity index (χ4n) is 2.60. The number of anilines is 2. The fraction of sp³-hybridized carbons (Fsp3) is 0.0476. The van der Waals surface area contributed by atoms with Gasteiger partial charge in [-0.3, -0.25) is 15.0 Å². The van der Waals surface area contributed by atoms with Crippen LogP contribution in [0.4, 0.5) is 20.3 Å². The van der Waals surface area contributed by atoms with Gasteiger partial charge in [0.2, 0.25) is 0 Å². The van der Waals surface area contributed by atoms with Crippen LogP contribution in [0, 0.1) is 24.0 Å². The third-order valence-electron chi connectivity index (χ3n) is 4.15. The van der Waals surface area contributed by atoms with E-state index in [9.17, 15) is 18.4 Å². The number of carbonyl (C=O) groups is 2. The van der Waals surface area contributed by atoms with Gasteiger partial charge in [0.1, 0.15) is 23.3 Å². The van der Waals surface area contributed by atoms with Crippen molar-refractivity contribution in [3.05, 3.63) is 88.6 Å². The Bertz CT molecular complexity index is 1150. The molecular formula is C21H17F2N5O2. The molecule has 0 saturated carbocycles. The summed E-state index contributed by atoms with van der Waals surface area (Å²) in [6.45, 7) is 1.83. The van der Waals surface area contributed by atoms with Crippen molar-refractivity contribution in [1.82, 2.24) is 4.98 Å². The SMILES string of the molecule is Cc1ccc(NC(=O)c2cc(F)ccc2NC(=O)c2ccc(C(=N)N)cc2F)nc1. The number of nitrogen functional groups attached to an aromatic ring is 1. The van der Waals surface area contributed by atoms with Crippen LogP contribution in [0.3, 0.4) is 0 Å². The molecule has 9 heteroatoms. The molecule has 1 heterocycles. The molecule has 3 aromatic rings. The van der Waals surface area contributed by atoms with Crippen LogP contribution in [0.5, 0.6) is 0 Å². The summed E-state index contributed by atoms with van der Waals surface area (Å²) in [5, 5.41) is 12.2. The number of aromatic nitrogens is 1. The minimum atomic E-state index is -0.892. The molecule has 0 radical (unpaired) electrons. The first-order valence-electron chi connectivity index (χ1n) is 8.73. The minimum Gasteiger partial charge on any atom is -0.384 e. The summed E-state index contributed by atoms with van der Waals surface area (Å²) in [6.07, 6.45) is 1.55. The molecule has 0 aliphatic rings. The Hall–Kier alpha value is -4.14. The molecule has 3 rings (SSSR count). The van der Waals surface area contributed by atoms with Crippen LogP contribution in [0.25, 0.3) is 0 Å². The van der Waals surface area contributed by atoms with Crippen LogP contribution >= 0.6 is 0 Å². The normalized spacial score (nSPS) is 10.4. The molecule has 0 saturated heterocycles. The van der Waals surface area contributed by atoms with E-state index in [-0.39, 0.29) is 34.0 Å². The molecule has 30 heavy (non-hydrogen) atoms. The van der Waals surface area contributed by atoms with Crippen molar-refractivity contribution in [2.75, 3.05) is 10.6 Å². The molecule has 0 unspecified atom stereocenters. The lowest BCUT2D eigenvalue weighted by Crippen LogP contribution is -2.20. The van der Waals surface area contributed by atoms with E-state index in [0.717, 1.165) is 23.8 Å². The van der Waals surface area contributed by atoms with Gasteiger partial charge in [-0.1, -0.05) is 12.1 Å². The number of nitrogens with two attached hydrogens (primary N) is 1. The van der Waals surface area contributed by atoms with Crippen molar-refractivity contribution in [2.45, 2.75) is 6.92 Å². The summed E-state index contributed by atoms with van der Waals surface area (Å²) in [4.78, 5) is 29.1. The summed E-state index contributed by atoms with van der Waals surface area (Å²) >= 11 is 0. The lowest BCUT2D eigenvalue weighted by Gasteiger charge is -2.12. The van der Waals surface area contributed by atoms with Gasteiger partial charge in [-0.05, 0) is 48.9 Å². The third kappa shape index (κ3) is 4.64. The molecule has 0 atom stereocenters. The maximum atomic E-state index is 14.2. The molecule has 152 valence electrons. The van der Waals surface area contributed by atoms with E-state index in [1.807, 2.05) is 6.92 Å². The molecule has 0 bridgehead atoms. The zero-order valence-corrected chi connectivity index (χ0v) is 15.8. The molecule has 1 aromatic heterocycles. The first-order chi connectivity index (χ1) is 14.2. The highest BCUT2D eigenvalue weighted by Crippen LogP contribution is 2.21. The molecule has 2 aromatic carbocycles. The van der Waals surface area contributed by atoms with E-state index in [4.69, 9.17) is 11.1 Å². The van der Waals surface area contributed by atoms with E-state index in [1.165, 1.54) is 18.2 Å². The van der Waals surface area contributed by atoms with Crippen LogP contribution in [0.1, 0.15) is 31.8 Å². The van der Waals surface area contributed by atoms with Gasteiger partial charge < -0.3 is 16.4 Å². The van der Waals surface area contributed by atoms with Crippen LogP contribution in [-0.2, 0) is 0 Å². The smallest absolute Gasteiger partial charge is 0.259 e. The number of carbonyl (C=O) groups excluding carboxylic acids is 2. The zero-order valence-electron chi connectivity index (χ0n) is 15.8. The van der Waals surface area contributed by atoms with Gasteiger partial charge in [0, 0.05) is 11.8 Å². The number of hydrogen-bond donors (Lipinski definition) is 4. The lowest BCUT2D eigenvalue weighted by molar-refractivity contribution is 0.102. The van der Waals surface area contributed by atoms with E-state index >= 15 is 0 Å². The quantitative estimate of drug-likeness (QED) is 0.381. The number of nitrogens with zero attached hydrogens (tertiary/aromatic N) is 1. The van der Waals surface area contributed by atoms with Crippen molar-refractivity contribution >= 4 is 29.2 Å². The van der Waals surface area contributed by atoms with Gasteiger partial charge in [0.05, 0.1) is 16.8 Å². The minimum absolute atomic E-state index is 0.0129. The highest BCUT2D eigenvalue weighted by molar-refractivity contribution is 6.12. The second-order valence-corrected chi connectivity index (χ2v) is 6.43. The number of halogens is 2. The van der Waals surface area contributed by atoms with Gasteiger partial charge in [-0.25, -0.2) is 13.8 Å². The summed E-state index contributed by atoms with van der Waals surface area (Å²) in [6, 6.07) is 9.98. The Kier molecular flexibility index (Phi) is 5.82. The van der Waals surface area contributed by atoms with Gasteiger partial charge >= 0.3 is 0 Å². The topological polar surface area (TPSA) is 121 Å². The fourth-order valence-corrected chi connectivity index (χ4v) is 2.60. The van der Waals surface area contributed by atoms with Gasteiger partial charge in [0.15, 0.2) is 0 Å². The third-order valence-corrected chi connectivity index (χ3v) is 4.15. The first-order valence-corrected chi connectivity index (χ1v) is 8.73. The maximum absolute atomic E-state index is 14.2. The standard InChI is InChI=1S/C21H17F2N5O2/c1-11-2-7-18(26-10-11)28-21(30)15-9-13(22)4-6-17(15)27-20(29)14-5-3-12(19(24)25)8-16(14)23/h2-10H,1H3,(H3,24,25)(H,27,29)(H,26,28,30). The average molecular weight is 409 g/mol. The molecule has 2 amide bonds. The van der Waals surface area contributed by atoms with Gasteiger partial charge in [-0.2, -0.15) is 0 Å². The molecule has 0 aliphatic carbocycles. The Morgan fingerprint density at radius 3 is 2.33 bits per heavy atom. The van der Waals surface area contributed by atoms with E-state index < -0.39 is 23.4 Å². The summed E-state index contributed by atoms with van der Waals surface area (Å²) in [7, 11) is 0. The van der Waals surface area contributed by atoms with Crippen molar-refractivity contribution in [3.8, 4) is 0 Å². The largest absolute Gasteiger partial charge is 0.384 e. The molecule has 0 spiro atoms. The van der Waals surface area contributed by atoms with Crippen LogP contribution in [-0.4, -0.2) is 22.6 Å². The predicted molar refractivity (Wildman–Crippen MR) is 109 cm³/mol. The molecule has 0 aliphatic heterocycles. The van der Waals surface area contributed by atoms with Crippen molar-refractivity contribution in [3.63, 3.8) is 0 Å². The second kappa shape index (κ2) is 8.48. The summed E-state index contributed by atoms with van der Waals surface area (Å²) in [5.74, 6) is -3.23. The molecular weight excluding hydrogens is 392 g/mol. The Morgan fingerprint density at radius 1 is 0.967 bits per heavy atom. The van der Waals surface area contributed by atoms with Crippen LogP contribution in [0.2, 0.25) is 0 Å². The Morgan fingerprint density at radius 2 is 1.70 bits per heavy atom. The van der Waals surface area contributed by atoms with Gasteiger partial charge in [0.25, 0.3) is 11.8 Å². The number of benzene rings is 2. The lowest BCUT2D eigenvalue weighted by atomic mass is 10.1. The predicted octanol–water partition coefficient (Wildman–Crippen LogP) is 3.46. The maximum Gasteiger partial charge on any atom is 0.259 e. The van der Waals surface area contributed by atoms with Crippen molar-refractivity contribution < 1.29 is 18.4 Å². The van der Waals surface area contributed by atoms with Crippen molar-refractivity contribution in [2.24, 2.45) is 5.73 Å². The molecule has 5 N–H and O–H groups in total. The second-order valence-electron chi connectivity index (χ2n) is 6.43. The number of amidine groups is 1. The monoisotopic (exact) mass is 409 g/mol. The number of hydrogen-bond acceptors (Lipinski definition) is 4.